The van der Waals surface area contributed by atoms with E-state index in [9.17, 15) is 9.90 Å². The summed E-state index contributed by atoms with van der Waals surface area (Å²) in [5, 5.41) is 9.58. The molecule has 0 fully saturated rings. The van der Waals surface area contributed by atoms with Crippen molar-refractivity contribution in [3.05, 3.63) is 95.3 Å². The lowest BCUT2D eigenvalue weighted by Crippen LogP contribution is -2.06. The van der Waals surface area contributed by atoms with Gasteiger partial charge in [-0.15, -0.1) is 0 Å². The molecule has 1 heterocycles. The molecule has 3 aromatic carbocycles. The second-order valence-corrected chi connectivity index (χ2v) is 6.33. The van der Waals surface area contributed by atoms with E-state index >= 15 is 0 Å². The lowest BCUT2D eigenvalue weighted by Gasteiger charge is -2.11. The zero-order valence-electron chi connectivity index (χ0n) is 15.3. The van der Waals surface area contributed by atoms with Crippen molar-refractivity contribution in [3.8, 4) is 45.1 Å². The highest BCUT2D eigenvalue weighted by atomic mass is 16.5. The summed E-state index contributed by atoms with van der Waals surface area (Å²) in [6.45, 7) is 0. The molecule has 0 spiro atoms. The highest BCUT2D eigenvalue weighted by Gasteiger charge is 2.16. The number of hydrogen-bond donors (Lipinski definition) is 1. The SMILES string of the molecule is COc1ccc(-c2cc(-c3ccccc3)c(-c3ccc(O)cc3)c(=O)o2)cc1. The number of aromatic hydroxyl groups is 1. The Morgan fingerprint density at radius 1 is 0.786 bits per heavy atom. The molecule has 28 heavy (non-hydrogen) atoms. The van der Waals surface area contributed by atoms with Crippen LogP contribution in [-0.2, 0) is 0 Å². The molecular weight excluding hydrogens is 352 g/mol. The van der Waals surface area contributed by atoms with E-state index in [2.05, 4.69) is 0 Å². The van der Waals surface area contributed by atoms with Gasteiger partial charge in [0, 0.05) is 11.1 Å². The van der Waals surface area contributed by atoms with E-state index in [1.807, 2.05) is 60.7 Å². The fourth-order valence-electron chi connectivity index (χ4n) is 3.14. The number of phenols is 1. The summed E-state index contributed by atoms with van der Waals surface area (Å²) >= 11 is 0. The average molecular weight is 370 g/mol. The Bertz CT molecular complexity index is 1140. The largest absolute Gasteiger partial charge is 0.508 e. The zero-order chi connectivity index (χ0) is 19.5. The number of rotatable bonds is 4. The second-order valence-electron chi connectivity index (χ2n) is 6.33. The van der Waals surface area contributed by atoms with E-state index in [1.54, 1.807) is 31.4 Å². The predicted molar refractivity (Wildman–Crippen MR) is 110 cm³/mol. The van der Waals surface area contributed by atoms with E-state index in [1.165, 1.54) is 0 Å². The second kappa shape index (κ2) is 7.45. The normalized spacial score (nSPS) is 10.6. The van der Waals surface area contributed by atoms with Crippen LogP contribution < -0.4 is 10.4 Å². The van der Waals surface area contributed by atoms with Crippen LogP contribution in [0, 0.1) is 0 Å². The summed E-state index contributed by atoms with van der Waals surface area (Å²) in [5.41, 5.74) is 3.18. The number of ether oxygens (including phenoxy) is 1. The Morgan fingerprint density at radius 2 is 1.43 bits per heavy atom. The van der Waals surface area contributed by atoms with Crippen molar-refractivity contribution in [2.24, 2.45) is 0 Å². The maximum atomic E-state index is 13.0. The summed E-state index contributed by atoms with van der Waals surface area (Å²) in [6, 6.07) is 25.5. The van der Waals surface area contributed by atoms with Gasteiger partial charge in [0.05, 0.1) is 12.7 Å². The first-order valence-corrected chi connectivity index (χ1v) is 8.83. The first-order valence-electron chi connectivity index (χ1n) is 8.83. The fraction of sp³-hybridized carbons (Fsp3) is 0.0417. The summed E-state index contributed by atoms with van der Waals surface area (Å²) < 4.78 is 10.9. The lowest BCUT2D eigenvalue weighted by molar-refractivity contribution is 0.415. The van der Waals surface area contributed by atoms with Gasteiger partial charge < -0.3 is 14.3 Å². The minimum absolute atomic E-state index is 0.143. The monoisotopic (exact) mass is 370 g/mol. The van der Waals surface area contributed by atoms with Crippen molar-refractivity contribution in [2.45, 2.75) is 0 Å². The van der Waals surface area contributed by atoms with Crippen LogP contribution in [0.1, 0.15) is 0 Å². The van der Waals surface area contributed by atoms with Gasteiger partial charge in [-0.05, 0) is 53.6 Å². The molecule has 4 heteroatoms. The Labute approximate surface area is 162 Å². The Kier molecular flexibility index (Phi) is 4.68. The average Bonchev–Trinajstić information content (AvgIpc) is 2.75. The van der Waals surface area contributed by atoms with Crippen molar-refractivity contribution in [1.29, 1.82) is 0 Å². The summed E-state index contributed by atoms with van der Waals surface area (Å²) in [7, 11) is 1.61. The van der Waals surface area contributed by atoms with Crippen molar-refractivity contribution in [3.63, 3.8) is 0 Å². The third kappa shape index (κ3) is 3.40. The van der Waals surface area contributed by atoms with Gasteiger partial charge in [0.1, 0.15) is 17.3 Å². The molecule has 0 saturated heterocycles. The van der Waals surface area contributed by atoms with E-state index in [-0.39, 0.29) is 5.75 Å². The Hall–Kier alpha value is -3.79. The van der Waals surface area contributed by atoms with Crippen LogP contribution in [0.15, 0.2) is 94.1 Å². The fourth-order valence-corrected chi connectivity index (χ4v) is 3.14. The smallest absolute Gasteiger partial charge is 0.344 e. The van der Waals surface area contributed by atoms with Gasteiger partial charge in [-0.25, -0.2) is 4.79 Å². The number of phenolic OH excluding ortho intramolecular Hbond substituents is 1. The molecule has 138 valence electrons. The maximum Gasteiger partial charge on any atom is 0.344 e. The molecule has 1 N–H and O–H groups in total. The summed E-state index contributed by atoms with van der Waals surface area (Å²) in [5.74, 6) is 1.35. The molecule has 0 aliphatic heterocycles. The highest BCUT2D eigenvalue weighted by Crippen LogP contribution is 2.34. The van der Waals surface area contributed by atoms with Crippen LogP contribution in [0.25, 0.3) is 33.6 Å². The van der Waals surface area contributed by atoms with Crippen molar-refractivity contribution >= 4 is 0 Å². The number of hydrogen-bond acceptors (Lipinski definition) is 4. The van der Waals surface area contributed by atoms with Crippen molar-refractivity contribution in [2.75, 3.05) is 7.11 Å². The Balaban J connectivity index is 1.94. The number of methoxy groups -OCH3 is 1. The molecule has 0 atom stereocenters. The Morgan fingerprint density at radius 3 is 2.07 bits per heavy atom. The third-order valence-electron chi connectivity index (χ3n) is 4.57. The minimum atomic E-state index is -0.433. The van der Waals surface area contributed by atoms with E-state index in [0.717, 1.165) is 22.4 Å². The standard InChI is InChI=1S/C24H18O4/c1-27-20-13-9-17(10-14-20)22-15-21(16-5-3-2-4-6-16)23(24(26)28-22)18-7-11-19(25)12-8-18/h2-15,25H,1H3. The highest BCUT2D eigenvalue weighted by molar-refractivity contribution is 5.84. The van der Waals surface area contributed by atoms with E-state index in [4.69, 9.17) is 9.15 Å². The molecule has 4 rings (SSSR count). The zero-order valence-corrected chi connectivity index (χ0v) is 15.3. The molecule has 4 nitrogen and oxygen atoms in total. The summed E-state index contributed by atoms with van der Waals surface area (Å²) in [6.07, 6.45) is 0. The van der Waals surface area contributed by atoms with E-state index in [0.29, 0.717) is 16.9 Å². The molecular formula is C24H18O4. The van der Waals surface area contributed by atoms with Crippen LogP contribution in [0.5, 0.6) is 11.5 Å². The van der Waals surface area contributed by atoms with Crippen molar-refractivity contribution < 1.29 is 14.3 Å². The first-order chi connectivity index (χ1) is 13.7. The molecule has 1 aromatic heterocycles. The van der Waals surface area contributed by atoms with Gasteiger partial charge in [0.2, 0.25) is 0 Å². The van der Waals surface area contributed by atoms with Gasteiger partial charge in [0.25, 0.3) is 0 Å². The molecule has 0 aliphatic rings. The van der Waals surface area contributed by atoms with Gasteiger partial charge in [0.15, 0.2) is 0 Å². The lowest BCUT2D eigenvalue weighted by atomic mass is 9.95. The van der Waals surface area contributed by atoms with Crippen LogP contribution in [0.2, 0.25) is 0 Å². The maximum absolute atomic E-state index is 13.0. The van der Waals surface area contributed by atoms with Crippen LogP contribution in [0.4, 0.5) is 0 Å². The molecule has 4 aromatic rings. The molecule has 0 saturated carbocycles. The topological polar surface area (TPSA) is 59.7 Å². The van der Waals surface area contributed by atoms with Gasteiger partial charge in [-0.3, -0.25) is 0 Å². The molecule has 0 amide bonds. The number of benzene rings is 3. The van der Waals surface area contributed by atoms with Gasteiger partial charge in [-0.1, -0.05) is 42.5 Å². The quantitative estimate of drug-likeness (QED) is 0.526. The van der Waals surface area contributed by atoms with Gasteiger partial charge >= 0.3 is 5.63 Å². The van der Waals surface area contributed by atoms with Crippen LogP contribution in [0.3, 0.4) is 0 Å². The van der Waals surface area contributed by atoms with Crippen molar-refractivity contribution in [1.82, 2.24) is 0 Å². The minimum Gasteiger partial charge on any atom is -0.508 e. The molecule has 0 unspecified atom stereocenters. The molecule has 0 radical (unpaired) electrons. The van der Waals surface area contributed by atoms with Crippen LogP contribution >= 0.6 is 0 Å². The van der Waals surface area contributed by atoms with Crippen LogP contribution in [-0.4, -0.2) is 12.2 Å². The first kappa shape index (κ1) is 17.6. The summed E-state index contributed by atoms with van der Waals surface area (Å²) in [4.78, 5) is 13.0. The van der Waals surface area contributed by atoms with E-state index < -0.39 is 5.63 Å². The molecule has 0 aliphatic carbocycles. The predicted octanol–water partition coefficient (Wildman–Crippen LogP) is 5.36. The third-order valence-corrected chi connectivity index (χ3v) is 4.57. The molecule has 0 bridgehead atoms. The van der Waals surface area contributed by atoms with Gasteiger partial charge in [-0.2, -0.15) is 0 Å².